The minimum atomic E-state index is -0.319. The van der Waals surface area contributed by atoms with Crippen molar-refractivity contribution in [1.82, 2.24) is 19.8 Å². The van der Waals surface area contributed by atoms with Crippen molar-refractivity contribution in [3.63, 3.8) is 0 Å². The number of fused-ring (bicyclic) bond motifs is 2. The molecule has 1 N–H and O–H groups in total. The van der Waals surface area contributed by atoms with Gasteiger partial charge in [-0.25, -0.2) is 4.98 Å². The van der Waals surface area contributed by atoms with E-state index in [2.05, 4.69) is 21.9 Å². The molecule has 1 aromatic heterocycles. The summed E-state index contributed by atoms with van der Waals surface area (Å²) in [5.41, 5.74) is 0.149. The topological polar surface area (TPSA) is 69.3 Å². The lowest BCUT2D eigenvalue weighted by molar-refractivity contribution is 0.0737. The fourth-order valence-electron chi connectivity index (χ4n) is 3.84. The van der Waals surface area contributed by atoms with E-state index in [-0.39, 0.29) is 22.4 Å². The molecule has 2 unspecified atom stereocenters. The van der Waals surface area contributed by atoms with Gasteiger partial charge in [0.05, 0.1) is 5.69 Å². The number of aromatic nitrogens is 2. The molecule has 3 heterocycles. The minimum Gasteiger partial charge on any atom is -0.337 e. The lowest BCUT2D eigenvalue weighted by Crippen LogP contribution is -2.42. The predicted octanol–water partition coefficient (Wildman–Crippen LogP) is 1.68. The third-order valence-corrected chi connectivity index (χ3v) is 5.46. The summed E-state index contributed by atoms with van der Waals surface area (Å²) in [5.74, 6) is 0.443. The molecule has 0 radical (unpaired) electrons. The summed E-state index contributed by atoms with van der Waals surface area (Å²) in [6, 6.07) is 0.969. The molecule has 24 heavy (non-hydrogen) atoms. The Morgan fingerprint density at radius 2 is 1.88 bits per heavy atom. The smallest absolute Gasteiger partial charge is 0.264 e. The largest absolute Gasteiger partial charge is 0.337 e. The molecule has 2 bridgehead atoms. The van der Waals surface area contributed by atoms with E-state index in [1.807, 2.05) is 25.7 Å². The first-order chi connectivity index (χ1) is 11.2. The van der Waals surface area contributed by atoms with Crippen molar-refractivity contribution in [2.24, 2.45) is 0 Å². The molecule has 3 rings (SSSR count). The Bertz CT molecular complexity index is 704. The zero-order chi connectivity index (χ0) is 17.6. The van der Waals surface area contributed by atoms with Crippen LogP contribution in [0.5, 0.6) is 0 Å². The Morgan fingerprint density at radius 1 is 1.21 bits per heavy atom. The molecule has 0 spiro atoms. The number of rotatable bonds is 1. The number of aryl methyl sites for hydroxylation is 1. The summed E-state index contributed by atoms with van der Waals surface area (Å²) in [4.78, 5) is 37.1. The average molecular weight is 332 g/mol. The van der Waals surface area contributed by atoms with Crippen molar-refractivity contribution >= 4 is 5.91 Å². The van der Waals surface area contributed by atoms with Crippen LogP contribution in [0, 0.1) is 6.92 Å². The molecule has 132 valence electrons. The number of likely N-dealkylation sites (tertiary alicyclic amines) is 1. The Kier molecular flexibility index (Phi) is 4.28. The second-order valence-corrected chi connectivity index (χ2v) is 8.22. The highest BCUT2D eigenvalue weighted by Crippen LogP contribution is 2.29. The van der Waals surface area contributed by atoms with E-state index >= 15 is 0 Å². The van der Waals surface area contributed by atoms with Crippen LogP contribution in [0.1, 0.15) is 61.9 Å². The van der Waals surface area contributed by atoms with Crippen LogP contribution in [0.4, 0.5) is 0 Å². The van der Waals surface area contributed by atoms with Crippen molar-refractivity contribution in [2.45, 2.75) is 64.5 Å². The van der Waals surface area contributed by atoms with E-state index in [9.17, 15) is 9.59 Å². The summed E-state index contributed by atoms with van der Waals surface area (Å²) >= 11 is 0. The number of H-pyrrole nitrogens is 1. The number of hydrogen-bond donors (Lipinski definition) is 1. The molecule has 2 atom stereocenters. The highest BCUT2D eigenvalue weighted by molar-refractivity contribution is 5.94. The van der Waals surface area contributed by atoms with Gasteiger partial charge in [-0.3, -0.25) is 14.5 Å². The van der Waals surface area contributed by atoms with Crippen molar-refractivity contribution in [3.05, 3.63) is 27.4 Å². The Labute approximate surface area is 143 Å². The maximum Gasteiger partial charge on any atom is 0.264 e. The number of carbonyl (C=O) groups is 1. The zero-order valence-corrected chi connectivity index (χ0v) is 15.3. The minimum absolute atomic E-state index is 0.178. The van der Waals surface area contributed by atoms with Gasteiger partial charge >= 0.3 is 0 Å². The number of amides is 1. The van der Waals surface area contributed by atoms with Gasteiger partial charge in [0.2, 0.25) is 0 Å². The predicted molar refractivity (Wildman–Crippen MR) is 93.4 cm³/mol. The van der Waals surface area contributed by atoms with E-state index in [1.54, 1.807) is 6.92 Å². The fourth-order valence-corrected chi connectivity index (χ4v) is 3.84. The fraction of sp³-hybridized carbons (Fsp3) is 0.722. The van der Waals surface area contributed by atoms with Crippen LogP contribution < -0.4 is 5.56 Å². The van der Waals surface area contributed by atoms with E-state index in [4.69, 9.17) is 0 Å². The standard InChI is InChI=1S/C18H28N4O2/c1-11-14(15(23)20-17(19-11)18(2,3)4)16(24)22-9-8-12-6-7-13(10-22)21(12)5/h12-13H,6-10H2,1-5H3,(H,19,20,23). The van der Waals surface area contributed by atoms with Crippen LogP contribution in [-0.2, 0) is 5.41 Å². The number of carbonyl (C=O) groups excluding carboxylic acids is 1. The Morgan fingerprint density at radius 3 is 2.50 bits per heavy atom. The molecule has 2 aliphatic heterocycles. The summed E-state index contributed by atoms with van der Waals surface area (Å²) in [7, 11) is 2.15. The van der Waals surface area contributed by atoms with Crippen molar-refractivity contribution in [2.75, 3.05) is 20.1 Å². The number of likely N-dealkylation sites (N-methyl/N-ethyl adjacent to an activating group) is 1. The number of aromatic amines is 1. The summed E-state index contributed by atoms with van der Waals surface area (Å²) in [6.45, 7) is 9.15. The van der Waals surface area contributed by atoms with Crippen LogP contribution >= 0.6 is 0 Å². The molecular formula is C18H28N4O2. The first-order valence-electron chi connectivity index (χ1n) is 8.81. The molecule has 2 fully saturated rings. The third-order valence-electron chi connectivity index (χ3n) is 5.46. The van der Waals surface area contributed by atoms with Crippen molar-refractivity contribution in [3.8, 4) is 0 Å². The van der Waals surface area contributed by atoms with Gasteiger partial charge in [0.25, 0.3) is 11.5 Å². The number of nitrogens with zero attached hydrogens (tertiary/aromatic N) is 3. The first kappa shape index (κ1) is 17.1. The molecule has 2 aliphatic rings. The molecule has 2 saturated heterocycles. The summed E-state index contributed by atoms with van der Waals surface area (Å²) < 4.78 is 0. The normalized spacial score (nSPS) is 25.0. The van der Waals surface area contributed by atoms with Gasteiger partial charge < -0.3 is 9.88 Å². The molecular weight excluding hydrogens is 304 g/mol. The second kappa shape index (κ2) is 5.99. The summed E-state index contributed by atoms with van der Waals surface area (Å²) in [6.07, 6.45) is 3.31. The second-order valence-electron chi connectivity index (χ2n) is 8.22. The van der Waals surface area contributed by atoms with Crippen LogP contribution in [0.25, 0.3) is 0 Å². The molecule has 0 aliphatic carbocycles. The molecule has 0 saturated carbocycles. The van der Waals surface area contributed by atoms with Gasteiger partial charge in [-0.1, -0.05) is 20.8 Å². The Hall–Kier alpha value is -1.69. The van der Waals surface area contributed by atoms with E-state index < -0.39 is 0 Å². The average Bonchev–Trinajstić information content (AvgIpc) is 2.70. The van der Waals surface area contributed by atoms with Crippen LogP contribution in [-0.4, -0.2) is 57.9 Å². The van der Waals surface area contributed by atoms with Crippen LogP contribution in [0.2, 0.25) is 0 Å². The number of nitrogens with one attached hydrogen (secondary N) is 1. The third kappa shape index (κ3) is 2.99. The Balaban J connectivity index is 1.89. The van der Waals surface area contributed by atoms with Crippen LogP contribution in [0.15, 0.2) is 4.79 Å². The lowest BCUT2D eigenvalue weighted by Gasteiger charge is -2.26. The zero-order valence-electron chi connectivity index (χ0n) is 15.3. The van der Waals surface area contributed by atoms with E-state index in [0.29, 0.717) is 36.7 Å². The summed E-state index contributed by atoms with van der Waals surface area (Å²) in [5, 5.41) is 0. The quantitative estimate of drug-likeness (QED) is 0.849. The lowest BCUT2D eigenvalue weighted by atomic mass is 9.95. The monoisotopic (exact) mass is 332 g/mol. The molecule has 1 aromatic rings. The van der Waals surface area contributed by atoms with Gasteiger partial charge in [0.15, 0.2) is 0 Å². The van der Waals surface area contributed by atoms with E-state index in [0.717, 1.165) is 12.8 Å². The van der Waals surface area contributed by atoms with Gasteiger partial charge in [-0.05, 0) is 33.2 Å². The van der Waals surface area contributed by atoms with Gasteiger partial charge in [0.1, 0.15) is 11.4 Å². The van der Waals surface area contributed by atoms with E-state index in [1.165, 1.54) is 6.42 Å². The molecule has 6 nitrogen and oxygen atoms in total. The maximum absolute atomic E-state index is 13.0. The van der Waals surface area contributed by atoms with Crippen LogP contribution in [0.3, 0.4) is 0 Å². The maximum atomic E-state index is 13.0. The van der Waals surface area contributed by atoms with Gasteiger partial charge in [-0.15, -0.1) is 0 Å². The van der Waals surface area contributed by atoms with Crippen molar-refractivity contribution < 1.29 is 4.79 Å². The van der Waals surface area contributed by atoms with Gasteiger partial charge in [-0.2, -0.15) is 0 Å². The molecule has 0 aromatic carbocycles. The molecule has 1 amide bonds. The molecule has 6 heteroatoms. The number of hydrogen-bond acceptors (Lipinski definition) is 4. The first-order valence-corrected chi connectivity index (χ1v) is 8.81. The SMILES string of the molecule is Cc1nc(C(C)(C)C)[nH]c(=O)c1C(=O)N1CCC2CCC(C1)N2C. The highest BCUT2D eigenvalue weighted by Gasteiger charge is 2.37. The van der Waals surface area contributed by atoms with Crippen molar-refractivity contribution in [1.29, 1.82) is 0 Å². The van der Waals surface area contributed by atoms with Gasteiger partial charge in [0, 0.05) is 30.6 Å². The highest BCUT2D eigenvalue weighted by atomic mass is 16.2.